The standard InChI is InChI=1S/C27H24N2O4/c1-3-32-27(30)25(20-9-5-4-6-10-20)33-26-24(28-22-11-7-8-12-23(22)29-26)18-15-19-13-16-21(31-2)17-14-19/h4-18,25H,3H2,1-2H3. The van der Waals surface area contributed by atoms with Gasteiger partial charge in [-0.3, -0.25) is 0 Å². The van der Waals surface area contributed by atoms with Gasteiger partial charge in [-0.05, 0) is 42.8 Å². The van der Waals surface area contributed by atoms with Gasteiger partial charge in [-0.25, -0.2) is 14.8 Å². The highest BCUT2D eigenvalue weighted by molar-refractivity contribution is 5.80. The van der Waals surface area contributed by atoms with Gasteiger partial charge < -0.3 is 14.2 Å². The van der Waals surface area contributed by atoms with E-state index in [2.05, 4.69) is 4.98 Å². The van der Waals surface area contributed by atoms with Gasteiger partial charge in [0.25, 0.3) is 0 Å². The average Bonchev–Trinajstić information content (AvgIpc) is 2.86. The third kappa shape index (κ3) is 5.36. The van der Waals surface area contributed by atoms with Crippen molar-refractivity contribution in [3.63, 3.8) is 0 Å². The summed E-state index contributed by atoms with van der Waals surface area (Å²) in [6, 6.07) is 24.4. The van der Waals surface area contributed by atoms with E-state index in [9.17, 15) is 4.79 Å². The molecule has 1 heterocycles. The van der Waals surface area contributed by atoms with Crippen LogP contribution >= 0.6 is 0 Å². The third-order valence-electron chi connectivity index (χ3n) is 4.95. The molecule has 1 atom stereocenters. The first kappa shape index (κ1) is 22.0. The molecule has 1 aromatic heterocycles. The lowest BCUT2D eigenvalue weighted by Gasteiger charge is -2.18. The SMILES string of the molecule is CCOC(=O)C(Oc1nc2ccccc2nc1C=Cc1ccc(OC)cc1)c1ccccc1. The van der Waals surface area contributed by atoms with Crippen LogP contribution in [0.4, 0.5) is 0 Å². The minimum absolute atomic E-state index is 0.249. The molecule has 0 spiro atoms. The lowest BCUT2D eigenvalue weighted by Crippen LogP contribution is -2.22. The van der Waals surface area contributed by atoms with Crippen LogP contribution in [0.25, 0.3) is 23.2 Å². The number of nitrogens with zero attached hydrogens (tertiary/aromatic N) is 2. The maximum atomic E-state index is 12.7. The van der Waals surface area contributed by atoms with Gasteiger partial charge in [0, 0.05) is 5.56 Å². The number of esters is 1. The zero-order valence-electron chi connectivity index (χ0n) is 18.5. The highest BCUT2D eigenvalue weighted by Crippen LogP contribution is 2.27. The maximum absolute atomic E-state index is 12.7. The fourth-order valence-electron chi connectivity index (χ4n) is 3.29. The molecule has 1 unspecified atom stereocenters. The number of rotatable bonds is 8. The second-order valence-electron chi connectivity index (χ2n) is 7.17. The Morgan fingerprint density at radius 2 is 1.55 bits per heavy atom. The van der Waals surface area contributed by atoms with Crippen LogP contribution in [-0.4, -0.2) is 29.7 Å². The number of carbonyl (C=O) groups is 1. The first-order valence-electron chi connectivity index (χ1n) is 10.6. The predicted molar refractivity (Wildman–Crippen MR) is 128 cm³/mol. The third-order valence-corrected chi connectivity index (χ3v) is 4.95. The molecule has 3 aromatic carbocycles. The Labute approximate surface area is 192 Å². The van der Waals surface area contributed by atoms with Crippen LogP contribution in [-0.2, 0) is 9.53 Å². The van der Waals surface area contributed by atoms with Crippen molar-refractivity contribution >= 4 is 29.2 Å². The largest absolute Gasteiger partial charge is 0.497 e. The number of hydrogen-bond acceptors (Lipinski definition) is 6. The number of hydrogen-bond donors (Lipinski definition) is 0. The molecule has 6 nitrogen and oxygen atoms in total. The normalized spacial score (nSPS) is 11.9. The van der Waals surface area contributed by atoms with E-state index < -0.39 is 12.1 Å². The lowest BCUT2D eigenvalue weighted by atomic mass is 10.1. The zero-order valence-corrected chi connectivity index (χ0v) is 18.5. The van der Waals surface area contributed by atoms with E-state index in [1.54, 1.807) is 14.0 Å². The lowest BCUT2D eigenvalue weighted by molar-refractivity contribution is -0.151. The molecule has 0 aliphatic rings. The van der Waals surface area contributed by atoms with Gasteiger partial charge in [-0.1, -0.05) is 60.7 Å². The van der Waals surface area contributed by atoms with Gasteiger partial charge in [0.15, 0.2) is 0 Å². The van der Waals surface area contributed by atoms with Gasteiger partial charge in [0.1, 0.15) is 11.4 Å². The zero-order chi connectivity index (χ0) is 23.0. The first-order chi connectivity index (χ1) is 16.2. The Morgan fingerprint density at radius 1 is 0.879 bits per heavy atom. The van der Waals surface area contributed by atoms with Gasteiger partial charge in [0.2, 0.25) is 12.0 Å². The summed E-state index contributed by atoms with van der Waals surface area (Å²) in [4.78, 5) is 22.1. The van der Waals surface area contributed by atoms with Crippen molar-refractivity contribution in [2.45, 2.75) is 13.0 Å². The topological polar surface area (TPSA) is 70.5 Å². The molecule has 6 heteroatoms. The molecule has 0 fully saturated rings. The van der Waals surface area contributed by atoms with E-state index in [1.807, 2.05) is 91.0 Å². The summed E-state index contributed by atoms with van der Waals surface area (Å²) < 4.78 is 16.6. The highest BCUT2D eigenvalue weighted by Gasteiger charge is 2.26. The average molecular weight is 440 g/mol. The summed E-state index contributed by atoms with van der Waals surface area (Å²) in [6.45, 7) is 2.01. The summed E-state index contributed by atoms with van der Waals surface area (Å²) in [5, 5.41) is 0. The van der Waals surface area contributed by atoms with Crippen molar-refractivity contribution in [3.8, 4) is 11.6 Å². The van der Waals surface area contributed by atoms with E-state index in [1.165, 1.54) is 0 Å². The second kappa shape index (κ2) is 10.4. The molecule has 0 N–H and O–H groups in total. The minimum atomic E-state index is -0.963. The van der Waals surface area contributed by atoms with Crippen molar-refractivity contribution in [1.82, 2.24) is 9.97 Å². The molecule has 0 saturated heterocycles. The van der Waals surface area contributed by atoms with E-state index in [-0.39, 0.29) is 12.5 Å². The van der Waals surface area contributed by atoms with Crippen LogP contribution in [0, 0.1) is 0 Å². The number of fused-ring (bicyclic) bond motifs is 1. The summed E-state index contributed by atoms with van der Waals surface area (Å²) in [5.41, 5.74) is 3.55. The molecule has 33 heavy (non-hydrogen) atoms. The van der Waals surface area contributed by atoms with Crippen LogP contribution in [0.5, 0.6) is 11.6 Å². The maximum Gasteiger partial charge on any atom is 0.352 e. The fraction of sp³-hybridized carbons (Fsp3) is 0.148. The van der Waals surface area contributed by atoms with Crippen molar-refractivity contribution in [2.24, 2.45) is 0 Å². The Bertz CT molecular complexity index is 1250. The summed E-state index contributed by atoms with van der Waals surface area (Å²) >= 11 is 0. The van der Waals surface area contributed by atoms with E-state index in [0.29, 0.717) is 16.8 Å². The van der Waals surface area contributed by atoms with Crippen molar-refractivity contribution in [3.05, 3.63) is 95.7 Å². The van der Waals surface area contributed by atoms with Crippen molar-refractivity contribution < 1.29 is 19.0 Å². The van der Waals surface area contributed by atoms with Crippen LogP contribution in [0.15, 0.2) is 78.9 Å². The smallest absolute Gasteiger partial charge is 0.352 e. The molecule has 0 radical (unpaired) electrons. The molecule has 4 aromatic rings. The molecule has 0 saturated carbocycles. The first-order valence-corrected chi connectivity index (χ1v) is 10.6. The van der Waals surface area contributed by atoms with E-state index in [0.717, 1.165) is 16.8 Å². The van der Waals surface area contributed by atoms with Crippen molar-refractivity contribution in [1.29, 1.82) is 0 Å². The molecular formula is C27H24N2O4. The van der Waals surface area contributed by atoms with E-state index in [4.69, 9.17) is 19.2 Å². The molecule has 0 bridgehead atoms. The van der Waals surface area contributed by atoms with Crippen LogP contribution in [0.1, 0.15) is 29.8 Å². The summed E-state index contributed by atoms with van der Waals surface area (Å²) in [6.07, 6.45) is 2.77. The molecular weight excluding hydrogens is 416 g/mol. The molecule has 0 amide bonds. The molecule has 4 rings (SSSR count). The van der Waals surface area contributed by atoms with E-state index >= 15 is 0 Å². The molecule has 0 aliphatic heterocycles. The van der Waals surface area contributed by atoms with Gasteiger partial charge in [-0.2, -0.15) is 0 Å². The minimum Gasteiger partial charge on any atom is -0.497 e. The second-order valence-corrected chi connectivity index (χ2v) is 7.17. The van der Waals surface area contributed by atoms with Crippen LogP contribution < -0.4 is 9.47 Å². The Hall–Kier alpha value is -4.19. The number of ether oxygens (including phenoxy) is 3. The van der Waals surface area contributed by atoms with Crippen molar-refractivity contribution in [2.75, 3.05) is 13.7 Å². The number of benzene rings is 3. The van der Waals surface area contributed by atoms with Gasteiger partial charge in [-0.15, -0.1) is 0 Å². The Balaban J connectivity index is 1.74. The predicted octanol–water partition coefficient (Wildman–Crippen LogP) is 5.49. The molecule has 166 valence electrons. The number of methoxy groups -OCH3 is 1. The quantitative estimate of drug-likeness (QED) is 0.337. The number of para-hydroxylation sites is 2. The summed E-state index contributed by atoms with van der Waals surface area (Å²) in [7, 11) is 1.63. The Kier molecular flexibility index (Phi) is 6.95. The fourth-order valence-corrected chi connectivity index (χ4v) is 3.29. The summed E-state index contributed by atoms with van der Waals surface area (Å²) in [5.74, 6) is 0.547. The Morgan fingerprint density at radius 3 is 2.21 bits per heavy atom. The monoisotopic (exact) mass is 440 g/mol. The van der Waals surface area contributed by atoms with Gasteiger partial charge >= 0.3 is 5.97 Å². The van der Waals surface area contributed by atoms with Crippen LogP contribution in [0.3, 0.4) is 0 Å². The number of carbonyl (C=O) groups excluding carboxylic acids is 1. The molecule has 0 aliphatic carbocycles. The number of aromatic nitrogens is 2. The van der Waals surface area contributed by atoms with Gasteiger partial charge in [0.05, 0.1) is 24.8 Å². The van der Waals surface area contributed by atoms with Crippen LogP contribution in [0.2, 0.25) is 0 Å². The highest BCUT2D eigenvalue weighted by atomic mass is 16.6.